The summed E-state index contributed by atoms with van der Waals surface area (Å²) in [6.45, 7) is 1.15. The van der Waals surface area contributed by atoms with Crippen LogP contribution in [-0.2, 0) is 9.31 Å². The summed E-state index contributed by atoms with van der Waals surface area (Å²) in [7, 11) is -0.279. The van der Waals surface area contributed by atoms with Crippen molar-refractivity contribution in [1.82, 2.24) is 0 Å². The highest BCUT2D eigenvalue weighted by Crippen LogP contribution is 2.17. The summed E-state index contributed by atoms with van der Waals surface area (Å²) < 4.78 is 11.6. The minimum absolute atomic E-state index is 0.279. The fourth-order valence-electron chi connectivity index (χ4n) is 2.16. The molecule has 0 unspecified atom stereocenters. The van der Waals surface area contributed by atoms with Gasteiger partial charge in [-0.25, -0.2) is 0 Å². The summed E-state index contributed by atoms with van der Waals surface area (Å²) in [6, 6.07) is 20.3. The number of benzene rings is 2. The highest BCUT2D eigenvalue weighted by atomic mass is 16.6. The molecule has 0 bridgehead atoms. The van der Waals surface area contributed by atoms with Crippen molar-refractivity contribution in [2.24, 2.45) is 0 Å². The molecule has 19 heavy (non-hydrogen) atoms. The lowest BCUT2D eigenvalue weighted by Crippen LogP contribution is -2.36. The van der Waals surface area contributed by atoms with E-state index in [4.69, 9.17) is 9.31 Å². The van der Waals surface area contributed by atoms with Crippen LogP contribution in [-0.4, -0.2) is 20.3 Å². The average molecular weight is 250 g/mol. The van der Waals surface area contributed by atoms with Gasteiger partial charge in [0.25, 0.3) is 0 Å². The maximum atomic E-state index is 5.87. The van der Waals surface area contributed by atoms with Crippen LogP contribution >= 0.6 is 0 Å². The zero-order valence-electron chi connectivity index (χ0n) is 10.7. The molecule has 0 aromatic heterocycles. The quantitative estimate of drug-likeness (QED) is 0.762. The first-order valence-corrected chi connectivity index (χ1v) is 6.46. The Hall–Kier alpha value is -1.84. The third kappa shape index (κ3) is 2.95. The van der Waals surface area contributed by atoms with Gasteiger partial charge in [0, 0.05) is 0 Å². The highest BCUT2D eigenvalue weighted by molar-refractivity contribution is 6.61. The van der Waals surface area contributed by atoms with Crippen molar-refractivity contribution in [2.75, 3.05) is 13.2 Å². The van der Waals surface area contributed by atoms with E-state index in [0.29, 0.717) is 13.2 Å². The van der Waals surface area contributed by atoms with Gasteiger partial charge in [-0.2, -0.15) is 0 Å². The third-order valence-electron chi connectivity index (χ3n) is 3.18. The fraction of sp³-hybridized carbons (Fsp3) is 0.125. The maximum absolute atomic E-state index is 5.87. The van der Waals surface area contributed by atoms with Crippen LogP contribution in [0, 0.1) is 0 Å². The Bertz CT molecular complexity index is 551. The molecule has 94 valence electrons. The number of hydrogen-bond acceptors (Lipinski definition) is 2. The zero-order chi connectivity index (χ0) is 12.9. The molecule has 0 aliphatic carbocycles. The summed E-state index contributed by atoms with van der Waals surface area (Å²) in [4.78, 5) is 0. The van der Waals surface area contributed by atoms with E-state index in [1.54, 1.807) is 0 Å². The first-order chi connectivity index (χ1) is 9.43. The summed E-state index contributed by atoms with van der Waals surface area (Å²) in [5.74, 6) is 0. The van der Waals surface area contributed by atoms with Crippen molar-refractivity contribution in [3.8, 4) is 0 Å². The lowest BCUT2D eigenvalue weighted by molar-refractivity contribution is 0.258. The average Bonchev–Trinajstić information content (AvgIpc) is 2.75. The molecule has 0 saturated heterocycles. The molecule has 0 fully saturated rings. The van der Waals surface area contributed by atoms with Gasteiger partial charge in [0.15, 0.2) is 0 Å². The molecule has 3 rings (SSSR count). The molecule has 0 N–H and O–H groups in total. The Balaban J connectivity index is 1.73. The largest absolute Gasteiger partial charge is 0.494 e. The van der Waals surface area contributed by atoms with Crippen molar-refractivity contribution >= 4 is 18.2 Å². The van der Waals surface area contributed by atoms with Crippen molar-refractivity contribution in [1.29, 1.82) is 0 Å². The van der Waals surface area contributed by atoms with Crippen molar-refractivity contribution in [2.45, 2.75) is 0 Å². The highest BCUT2D eigenvalue weighted by Gasteiger charge is 2.23. The summed E-state index contributed by atoms with van der Waals surface area (Å²) in [5.41, 5.74) is 3.43. The Morgan fingerprint density at radius 2 is 1.47 bits per heavy atom. The molecule has 2 aromatic carbocycles. The number of hydrogen-bond donors (Lipinski definition) is 0. The first kappa shape index (κ1) is 12.2. The van der Waals surface area contributed by atoms with Crippen LogP contribution in [0.25, 0.3) is 5.57 Å². The van der Waals surface area contributed by atoms with Crippen LogP contribution in [0.15, 0.2) is 66.7 Å². The predicted octanol–water partition coefficient (Wildman–Crippen LogP) is 2.51. The van der Waals surface area contributed by atoms with Gasteiger partial charge in [-0.15, -0.1) is 0 Å². The number of rotatable bonds is 2. The van der Waals surface area contributed by atoms with Crippen LogP contribution < -0.4 is 5.46 Å². The molecule has 0 saturated carbocycles. The lowest BCUT2D eigenvalue weighted by Gasteiger charge is -2.11. The topological polar surface area (TPSA) is 18.5 Å². The molecule has 0 amide bonds. The van der Waals surface area contributed by atoms with E-state index in [1.807, 2.05) is 48.5 Å². The lowest BCUT2D eigenvalue weighted by atomic mass is 9.79. The molecule has 0 radical (unpaired) electrons. The van der Waals surface area contributed by atoms with Crippen LogP contribution in [0.1, 0.15) is 5.56 Å². The van der Waals surface area contributed by atoms with Crippen molar-refractivity contribution in [3.63, 3.8) is 0 Å². The van der Waals surface area contributed by atoms with Crippen LogP contribution in [0.2, 0.25) is 0 Å². The van der Waals surface area contributed by atoms with E-state index in [0.717, 1.165) is 5.46 Å². The monoisotopic (exact) mass is 250 g/mol. The Kier molecular flexibility index (Phi) is 3.77. The molecular formula is C16H15BO2. The minimum atomic E-state index is -0.279. The Morgan fingerprint density at radius 3 is 2.21 bits per heavy atom. The van der Waals surface area contributed by atoms with Gasteiger partial charge in [-0.05, 0) is 16.6 Å². The van der Waals surface area contributed by atoms with E-state index in [9.17, 15) is 0 Å². The Morgan fingerprint density at radius 1 is 0.789 bits per heavy atom. The minimum Gasteiger partial charge on any atom is -0.404 e. The summed E-state index contributed by atoms with van der Waals surface area (Å²) in [6.07, 6.45) is 2.10. The molecule has 3 heteroatoms. The van der Waals surface area contributed by atoms with Gasteiger partial charge in [-0.3, -0.25) is 0 Å². The standard InChI is InChI=1S/C16H15BO2/c1-3-7-14(8-4-1)15-11-12-18-17(19-13-15)16-9-5-2-6-10-16/h1-11H,12-13H2. The molecule has 1 aliphatic heterocycles. The van der Waals surface area contributed by atoms with E-state index in [1.165, 1.54) is 11.1 Å². The van der Waals surface area contributed by atoms with Crippen molar-refractivity contribution < 1.29 is 9.31 Å². The fourth-order valence-corrected chi connectivity index (χ4v) is 2.16. The van der Waals surface area contributed by atoms with Crippen LogP contribution in [0.4, 0.5) is 0 Å². The van der Waals surface area contributed by atoms with Gasteiger partial charge in [0.1, 0.15) is 0 Å². The Labute approximate surface area is 113 Å². The smallest absolute Gasteiger partial charge is 0.404 e. The van der Waals surface area contributed by atoms with Gasteiger partial charge >= 0.3 is 7.12 Å². The van der Waals surface area contributed by atoms with Gasteiger partial charge < -0.3 is 9.31 Å². The summed E-state index contributed by atoms with van der Waals surface area (Å²) >= 11 is 0. The zero-order valence-corrected chi connectivity index (χ0v) is 10.7. The molecule has 2 aromatic rings. The third-order valence-corrected chi connectivity index (χ3v) is 3.18. The molecule has 1 heterocycles. The first-order valence-electron chi connectivity index (χ1n) is 6.46. The summed E-state index contributed by atoms with van der Waals surface area (Å²) in [5, 5.41) is 0. The molecular weight excluding hydrogens is 235 g/mol. The predicted molar refractivity (Wildman–Crippen MR) is 78.2 cm³/mol. The second-order valence-electron chi connectivity index (χ2n) is 4.48. The second-order valence-corrected chi connectivity index (χ2v) is 4.48. The van der Waals surface area contributed by atoms with E-state index < -0.39 is 0 Å². The van der Waals surface area contributed by atoms with Gasteiger partial charge in [0.2, 0.25) is 0 Å². The van der Waals surface area contributed by atoms with Gasteiger partial charge in [0.05, 0.1) is 13.2 Å². The van der Waals surface area contributed by atoms with Crippen LogP contribution in [0.5, 0.6) is 0 Å². The molecule has 0 atom stereocenters. The maximum Gasteiger partial charge on any atom is 0.494 e. The van der Waals surface area contributed by atoms with E-state index in [2.05, 4.69) is 18.2 Å². The second kappa shape index (κ2) is 5.87. The van der Waals surface area contributed by atoms with E-state index in [-0.39, 0.29) is 7.12 Å². The van der Waals surface area contributed by atoms with Crippen LogP contribution in [0.3, 0.4) is 0 Å². The molecule has 2 nitrogen and oxygen atoms in total. The SMILES string of the molecule is C1=C(c2ccccc2)COB(c2ccccc2)OC1. The van der Waals surface area contributed by atoms with E-state index >= 15 is 0 Å². The normalized spacial score (nSPS) is 15.8. The van der Waals surface area contributed by atoms with Crippen molar-refractivity contribution in [3.05, 3.63) is 72.3 Å². The molecule has 0 spiro atoms. The van der Waals surface area contributed by atoms with Gasteiger partial charge in [-0.1, -0.05) is 66.7 Å². The molecule has 1 aliphatic rings.